The van der Waals surface area contributed by atoms with Gasteiger partial charge in [0.25, 0.3) is 0 Å². The molecule has 3 fully saturated rings. The van der Waals surface area contributed by atoms with Gasteiger partial charge in [0.2, 0.25) is 11.8 Å². The van der Waals surface area contributed by atoms with Gasteiger partial charge in [0.1, 0.15) is 5.54 Å². The van der Waals surface area contributed by atoms with Gasteiger partial charge in [-0.1, -0.05) is 47.0 Å². The standard InChI is InChI=1S/C17H28N2O2/c1-15(2)13(16(15,3)4)19-11-8-12(20)18-17(14(19)21)9-6-5-7-10-17/h13H,5-11H2,1-4H3,(H,18,20). The summed E-state index contributed by atoms with van der Waals surface area (Å²) in [5.74, 6) is 0.223. The number of nitrogens with one attached hydrogen (secondary N) is 1. The van der Waals surface area contributed by atoms with Gasteiger partial charge < -0.3 is 10.2 Å². The third-order valence-corrected chi connectivity index (χ3v) is 6.59. The van der Waals surface area contributed by atoms with Crippen LogP contribution in [0, 0.1) is 10.8 Å². The SMILES string of the molecule is CC1(C)C(N2CCC(=O)NC3(CCCCC3)C2=O)C1(C)C. The second-order valence-electron chi connectivity index (χ2n) is 8.29. The summed E-state index contributed by atoms with van der Waals surface area (Å²) in [7, 11) is 0. The number of hydrogen-bond acceptors (Lipinski definition) is 2. The molecule has 0 aromatic heterocycles. The smallest absolute Gasteiger partial charge is 0.248 e. The van der Waals surface area contributed by atoms with Crippen LogP contribution in [0.3, 0.4) is 0 Å². The number of carbonyl (C=O) groups excluding carboxylic acids is 2. The van der Waals surface area contributed by atoms with Crippen LogP contribution in [0.1, 0.15) is 66.2 Å². The van der Waals surface area contributed by atoms with Gasteiger partial charge in [-0.2, -0.15) is 0 Å². The molecule has 4 heteroatoms. The Balaban J connectivity index is 1.91. The van der Waals surface area contributed by atoms with Crippen LogP contribution in [0.2, 0.25) is 0 Å². The molecule has 1 spiro atoms. The van der Waals surface area contributed by atoms with Crippen LogP contribution in [0.5, 0.6) is 0 Å². The topological polar surface area (TPSA) is 49.4 Å². The van der Waals surface area contributed by atoms with E-state index >= 15 is 0 Å². The lowest BCUT2D eigenvalue weighted by Crippen LogP contribution is -2.59. The number of nitrogens with zero attached hydrogens (tertiary/aromatic N) is 1. The van der Waals surface area contributed by atoms with E-state index in [4.69, 9.17) is 0 Å². The lowest BCUT2D eigenvalue weighted by molar-refractivity contribution is -0.141. The van der Waals surface area contributed by atoms with Crippen LogP contribution < -0.4 is 5.32 Å². The van der Waals surface area contributed by atoms with Crippen molar-refractivity contribution in [3.05, 3.63) is 0 Å². The summed E-state index contributed by atoms with van der Waals surface area (Å²) in [6.45, 7) is 9.51. The van der Waals surface area contributed by atoms with Crippen molar-refractivity contribution in [3.63, 3.8) is 0 Å². The van der Waals surface area contributed by atoms with Gasteiger partial charge in [0.05, 0.1) is 0 Å². The molecule has 3 rings (SSSR count). The second-order valence-corrected chi connectivity index (χ2v) is 8.29. The first kappa shape index (κ1) is 14.9. The van der Waals surface area contributed by atoms with Crippen molar-refractivity contribution in [1.29, 1.82) is 0 Å². The Kier molecular flexibility index (Phi) is 3.16. The van der Waals surface area contributed by atoms with Crippen LogP contribution in [0.15, 0.2) is 0 Å². The van der Waals surface area contributed by atoms with E-state index in [0.29, 0.717) is 13.0 Å². The molecule has 0 aromatic carbocycles. The molecule has 3 aliphatic rings. The van der Waals surface area contributed by atoms with Crippen LogP contribution in [-0.4, -0.2) is 34.8 Å². The maximum atomic E-state index is 13.2. The van der Waals surface area contributed by atoms with Gasteiger partial charge >= 0.3 is 0 Å². The first-order valence-corrected chi connectivity index (χ1v) is 8.34. The lowest BCUT2D eigenvalue weighted by Gasteiger charge is -2.38. The molecule has 1 heterocycles. The molecule has 0 unspecified atom stereocenters. The molecule has 21 heavy (non-hydrogen) atoms. The Bertz CT molecular complexity index is 461. The summed E-state index contributed by atoms with van der Waals surface area (Å²) in [6, 6.07) is 0.254. The van der Waals surface area contributed by atoms with E-state index in [2.05, 4.69) is 33.0 Å². The van der Waals surface area contributed by atoms with Crippen molar-refractivity contribution in [2.45, 2.75) is 77.8 Å². The molecular formula is C17H28N2O2. The molecular weight excluding hydrogens is 264 g/mol. The summed E-state index contributed by atoms with van der Waals surface area (Å²) < 4.78 is 0. The Morgan fingerprint density at radius 3 is 2.10 bits per heavy atom. The van der Waals surface area contributed by atoms with Crippen molar-refractivity contribution in [2.24, 2.45) is 10.8 Å². The fraction of sp³-hybridized carbons (Fsp3) is 0.882. The summed E-state index contributed by atoms with van der Waals surface area (Å²) in [4.78, 5) is 27.4. The molecule has 2 saturated carbocycles. The summed E-state index contributed by atoms with van der Waals surface area (Å²) in [5, 5.41) is 3.08. The van der Waals surface area contributed by atoms with E-state index in [1.54, 1.807) is 0 Å². The maximum absolute atomic E-state index is 13.2. The first-order chi connectivity index (χ1) is 9.72. The van der Waals surface area contributed by atoms with Crippen molar-refractivity contribution >= 4 is 11.8 Å². The van der Waals surface area contributed by atoms with Gasteiger partial charge in [-0.3, -0.25) is 9.59 Å². The van der Waals surface area contributed by atoms with E-state index < -0.39 is 5.54 Å². The normalized spacial score (nSPS) is 31.0. The molecule has 0 atom stereocenters. The van der Waals surface area contributed by atoms with Crippen LogP contribution in [0.25, 0.3) is 0 Å². The fourth-order valence-electron chi connectivity index (χ4n) is 4.66. The number of amides is 2. The van der Waals surface area contributed by atoms with Crippen molar-refractivity contribution in [1.82, 2.24) is 10.2 Å². The number of carbonyl (C=O) groups is 2. The van der Waals surface area contributed by atoms with Crippen molar-refractivity contribution in [3.8, 4) is 0 Å². The van der Waals surface area contributed by atoms with E-state index in [0.717, 1.165) is 25.7 Å². The fourth-order valence-corrected chi connectivity index (χ4v) is 4.66. The monoisotopic (exact) mass is 292 g/mol. The predicted octanol–water partition coefficient (Wildman–Crippen LogP) is 2.47. The predicted molar refractivity (Wildman–Crippen MR) is 81.6 cm³/mol. The maximum Gasteiger partial charge on any atom is 0.248 e. The highest BCUT2D eigenvalue weighted by Gasteiger charge is 2.69. The average Bonchev–Trinajstić information content (AvgIpc) is 2.85. The highest BCUT2D eigenvalue weighted by molar-refractivity contribution is 5.94. The minimum absolute atomic E-state index is 0.0454. The Labute approximate surface area is 127 Å². The molecule has 0 radical (unpaired) electrons. The molecule has 1 aliphatic heterocycles. The minimum atomic E-state index is -0.611. The third kappa shape index (κ3) is 2.01. The number of hydrogen-bond donors (Lipinski definition) is 1. The lowest BCUT2D eigenvalue weighted by atomic mass is 9.80. The van der Waals surface area contributed by atoms with E-state index in [1.165, 1.54) is 6.42 Å². The van der Waals surface area contributed by atoms with E-state index in [1.807, 2.05) is 4.90 Å². The molecule has 1 N–H and O–H groups in total. The summed E-state index contributed by atoms with van der Waals surface area (Å²) >= 11 is 0. The average molecular weight is 292 g/mol. The zero-order valence-electron chi connectivity index (χ0n) is 13.8. The van der Waals surface area contributed by atoms with Gasteiger partial charge in [0.15, 0.2) is 0 Å². The zero-order chi connectivity index (χ0) is 15.5. The highest BCUT2D eigenvalue weighted by Crippen LogP contribution is 2.65. The molecule has 1 saturated heterocycles. The molecule has 118 valence electrons. The Hall–Kier alpha value is -1.06. The zero-order valence-corrected chi connectivity index (χ0v) is 13.8. The Morgan fingerprint density at radius 2 is 1.57 bits per heavy atom. The van der Waals surface area contributed by atoms with Crippen LogP contribution >= 0.6 is 0 Å². The van der Waals surface area contributed by atoms with Crippen LogP contribution in [0.4, 0.5) is 0 Å². The van der Waals surface area contributed by atoms with Gasteiger partial charge in [-0.05, 0) is 23.7 Å². The molecule has 0 bridgehead atoms. The number of rotatable bonds is 1. The van der Waals surface area contributed by atoms with Crippen LogP contribution in [-0.2, 0) is 9.59 Å². The second kappa shape index (κ2) is 4.47. The third-order valence-electron chi connectivity index (χ3n) is 6.59. The molecule has 2 amide bonds. The van der Waals surface area contributed by atoms with Gasteiger partial charge in [-0.25, -0.2) is 0 Å². The quantitative estimate of drug-likeness (QED) is 0.807. The molecule has 0 aromatic rings. The summed E-state index contributed by atoms with van der Waals surface area (Å²) in [5.41, 5.74) is -0.349. The van der Waals surface area contributed by atoms with Gasteiger partial charge in [0, 0.05) is 19.0 Å². The van der Waals surface area contributed by atoms with E-state index in [9.17, 15) is 9.59 Å². The summed E-state index contributed by atoms with van der Waals surface area (Å²) in [6.07, 6.45) is 5.30. The Morgan fingerprint density at radius 1 is 1.00 bits per heavy atom. The highest BCUT2D eigenvalue weighted by atomic mass is 16.2. The van der Waals surface area contributed by atoms with Crippen molar-refractivity contribution < 1.29 is 9.59 Å². The minimum Gasteiger partial charge on any atom is -0.342 e. The van der Waals surface area contributed by atoms with E-state index in [-0.39, 0.29) is 28.7 Å². The van der Waals surface area contributed by atoms with Crippen molar-refractivity contribution in [2.75, 3.05) is 6.54 Å². The van der Waals surface area contributed by atoms with Gasteiger partial charge in [-0.15, -0.1) is 0 Å². The molecule has 4 nitrogen and oxygen atoms in total. The molecule has 2 aliphatic carbocycles. The first-order valence-electron chi connectivity index (χ1n) is 8.34. The largest absolute Gasteiger partial charge is 0.342 e.